The van der Waals surface area contributed by atoms with E-state index in [-0.39, 0.29) is 6.17 Å². The third kappa shape index (κ3) is 1.88. The Bertz CT molecular complexity index is 88.6. The van der Waals surface area contributed by atoms with Gasteiger partial charge < -0.3 is 5.11 Å². The Morgan fingerprint density at radius 1 is 1.67 bits per heavy atom. The lowest BCUT2D eigenvalue weighted by Gasteiger charge is -2.27. The van der Waals surface area contributed by atoms with E-state index in [9.17, 15) is 0 Å². The highest BCUT2D eigenvalue weighted by molar-refractivity contribution is 4.69. The van der Waals surface area contributed by atoms with Crippen molar-refractivity contribution in [2.75, 3.05) is 6.54 Å². The van der Waals surface area contributed by atoms with Crippen molar-refractivity contribution >= 4 is 0 Å². The molecule has 9 heavy (non-hydrogen) atoms. The molecule has 0 bridgehead atoms. The maximum absolute atomic E-state index is 8.89. The SMILES string of the molecule is NNC1CCNC(O)N1. The molecule has 1 aliphatic rings. The lowest BCUT2D eigenvalue weighted by atomic mass is 10.3. The molecular weight excluding hydrogens is 120 g/mol. The van der Waals surface area contributed by atoms with Crippen molar-refractivity contribution in [1.29, 1.82) is 0 Å². The van der Waals surface area contributed by atoms with Gasteiger partial charge >= 0.3 is 0 Å². The summed E-state index contributed by atoms with van der Waals surface area (Å²) >= 11 is 0. The number of rotatable bonds is 1. The Labute approximate surface area is 53.6 Å². The Morgan fingerprint density at radius 2 is 2.44 bits per heavy atom. The van der Waals surface area contributed by atoms with Gasteiger partial charge in [-0.15, -0.1) is 0 Å². The molecule has 1 heterocycles. The van der Waals surface area contributed by atoms with Gasteiger partial charge in [-0.1, -0.05) is 0 Å². The molecule has 1 saturated heterocycles. The average Bonchev–Trinajstić information content (AvgIpc) is 1.88. The van der Waals surface area contributed by atoms with Crippen LogP contribution in [-0.4, -0.2) is 24.2 Å². The second-order valence-corrected chi connectivity index (χ2v) is 2.03. The lowest BCUT2D eigenvalue weighted by Crippen LogP contribution is -2.60. The zero-order valence-corrected chi connectivity index (χ0v) is 5.09. The van der Waals surface area contributed by atoms with Gasteiger partial charge in [-0.05, 0) is 6.42 Å². The van der Waals surface area contributed by atoms with Gasteiger partial charge in [0.15, 0.2) is 6.35 Å². The van der Waals surface area contributed by atoms with Crippen molar-refractivity contribution in [3.63, 3.8) is 0 Å². The molecule has 5 nitrogen and oxygen atoms in total. The van der Waals surface area contributed by atoms with Gasteiger partial charge in [0.05, 0.1) is 6.17 Å². The van der Waals surface area contributed by atoms with Crippen LogP contribution < -0.4 is 21.9 Å². The van der Waals surface area contributed by atoms with Gasteiger partial charge in [-0.2, -0.15) is 0 Å². The van der Waals surface area contributed by atoms with Crippen LogP contribution in [0.2, 0.25) is 0 Å². The van der Waals surface area contributed by atoms with Gasteiger partial charge in [0.1, 0.15) is 0 Å². The van der Waals surface area contributed by atoms with Gasteiger partial charge in [0, 0.05) is 6.54 Å². The summed E-state index contributed by atoms with van der Waals surface area (Å²) in [4.78, 5) is 0. The average molecular weight is 132 g/mol. The minimum Gasteiger partial charge on any atom is -0.365 e. The third-order valence-corrected chi connectivity index (χ3v) is 1.33. The highest BCUT2D eigenvalue weighted by Gasteiger charge is 2.15. The molecule has 54 valence electrons. The van der Waals surface area contributed by atoms with Gasteiger partial charge in [0.25, 0.3) is 0 Å². The Balaban J connectivity index is 2.23. The summed E-state index contributed by atoms with van der Waals surface area (Å²) in [6.07, 6.45) is 0.286. The normalized spacial score (nSPS) is 36.7. The predicted molar refractivity (Wildman–Crippen MR) is 32.9 cm³/mol. The van der Waals surface area contributed by atoms with E-state index in [0.29, 0.717) is 0 Å². The van der Waals surface area contributed by atoms with E-state index in [2.05, 4.69) is 16.1 Å². The smallest absolute Gasteiger partial charge is 0.161 e. The summed E-state index contributed by atoms with van der Waals surface area (Å²) in [6.45, 7) is 0.781. The van der Waals surface area contributed by atoms with Crippen LogP contribution in [-0.2, 0) is 0 Å². The fourth-order valence-electron chi connectivity index (χ4n) is 0.829. The fraction of sp³-hybridized carbons (Fsp3) is 1.00. The van der Waals surface area contributed by atoms with Crippen LogP contribution >= 0.6 is 0 Å². The van der Waals surface area contributed by atoms with Crippen LogP contribution in [0.15, 0.2) is 0 Å². The number of aliphatic hydroxyl groups excluding tert-OH is 1. The first kappa shape index (κ1) is 6.91. The van der Waals surface area contributed by atoms with Gasteiger partial charge in [0.2, 0.25) is 0 Å². The number of hydrogen-bond donors (Lipinski definition) is 5. The second kappa shape index (κ2) is 3.09. The standard InChI is InChI=1S/C4H12N4O/c5-8-3-1-2-6-4(9)7-3/h3-4,6-9H,1-2,5H2. The van der Waals surface area contributed by atoms with E-state index < -0.39 is 6.35 Å². The highest BCUT2D eigenvalue weighted by Crippen LogP contribution is 1.91. The van der Waals surface area contributed by atoms with Crippen LogP contribution in [0.1, 0.15) is 6.42 Å². The maximum atomic E-state index is 8.89. The molecule has 0 saturated carbocycles. The van der Waals surface area contributed by atoms with Crippen LogP contribution in [0.3, 0.4) is 0 Å². The van der Waals surface area contributed by atoms with E-state index in [1.54, 1.807) is 0 Å². The molecule has 1 rings (SSSR count). The lowest BCUT2D eigenvalue weighted by molar-refractivity contribution is 0.0574. The largest absolute Gasteiger partial charge is 0.365 e. The number of nitrogens with one attached hydrogen (secondary N) is 3. The van der Waals surface area contributed by atoms with E-state index in [4.69, 9.17) is 10.9 Å². The molecule has 1 fully saturated rings. The van der Waals surface area contributed by atoms with E-state index in [0.717, 1.165) is 13.0 Å². The second-order valence-electron chi connectivity index (χ2n) is 2.03. The number of hydrogen-bond acceptors (Lipinski definition) is 5. The van der Waals surface area contributed by atoms with Crippen LogP contribution in [0, 0.1) is 0 Å². The molecule has 0 aromatic rings. The zero-order chi connectivity index (χ0) is 6.69. The van der Waals surface area contributed by atoms with Crippen molar-refractivity contribution in [2.24, 2.45) is 5.84 Å². The van der Waals surface area contributed by atoms with Crippen molar-refractivity contribution < 1.29 is 5.11 Å². The first-order valence-corrected chi connectivity index (χ1v) is 2.96. The molecule has 1 aliphatic heterocycles. The molecule has 0 amide bonds. The predicted octanol–water partition coefficient (Wildman–Crippen LogP) is -2.37. The monoisotopic (exact) mass is 132 g/mol. The molecule has 2 atom stereocenters. The summed E-state index contributed by atoms with van der Waals surface area (Å²) in [5, 5.41) is 14.5. The molecule has 0 radical (unpaired) electrons. The molecule has 0 aromatic carbocycles. The Hall–Kier alpha value is -0.200. The summed E-state index contributed by atoms with van der Waals surface area (Å²) in [6, 6.07) is 0. The molecule has 0 spiro atoms. The molecule has 2 unspecified atom stereocenters. The third-order valence-electron chi connectivity index (χ3n) is 1.33. The Kier molecular flexibility index (Phi) is 2.38. The van der Waals surface area contributed by atoms with Crippen molar-refractivity contribution in [3.05, 3.63) is 0 Å². The van der Waals surface area contributed by atoms with Crippen LogP contribution in [0.4, 0.5) is 0 Å². The van der Waals surface area contributed by atoms with E-state index >= 15 is 0 Å². The molecular formula is C4H12N4O. The fourth-order valence-corrected chi connectivity index (χ4v) is 0.829. The highest BCUT2D eigenvalue weighted by atomic mass is 16.3. The summed E-state index contributed by atoms with van der Waals surface area (Å²) < 4.78 is 0. The first-order valence-electron chi connectivity index (χ1n) is 2.96. The Morgan fingerprint density at radius 3 is 2.89 bits per heavy atom. The molecule has 0 aliphatic carbocycles. The number of aliphatic hydroxyl groups is 1. The zero-order valence-electron chi connectivity index (χ0n) is 5.09. The minimum absolute atomic E-state index is 0.0289. The number of nitrogens with two attached hydrogens (primary N) is 1. The van der Waals surface area contributed by atoms with E-state index in [1.807, 2.05) is 0 Å². The van der Waals surface area contributed by atoms with Crippen molar-refractivity contribution in [1.82, 2.24) is 16.1 Å². The summed E-state index contributed by atoms with van der Waals surface area (Å²) in [5.41, 5.74) is 2.52. The minimum atomic E-state index is -0.625. The van der Waals surface area contributed by atoms with Gasteiger partial charge in [-0.3, -0.25) is 16.5 Å². The van der Waals surface area contributed by atoms with Crippen molar-refractivity contribution in [2.45, 2.75) is 18.9 Å². The van der Waals surface area contributed by atoms with Gasteiger partial charge in [-0.25, -0.2) is 5.43 Å². The van der Waals surface area contributed by atoms with Crippen LogP contribution in [0.5, 0.6) is 0 Å². The quantitative estimate of drug-likeness (QED) is 0.203. The first-order chi connectivity index (χ1) is 4.33. The number of hydrazine groups is 1. The molecule has 5 heteroatoms. The maximum Gasteiger partial charge on any atom is 0.161 e. The van der Waals surface area contributed by atoms with Crippen molar-refractivity contribution in [3.8, 4) is 0 Å². The van der Waals surface area contributed by atoms with E-state index in [1.165, 1.54) is 0 Å². The summed E-state index contributed by atoms with van der Waals surface area (Å²) in [5.74, 6) is 5.11. The van der Waals surface area contributed by atoms with Crippen LogP contribution in [0.25, 0.3) is 0 Å². The molecule has 0 aromatic heterocycles. The topological polar surface area (TPSA) is 82.3 Å². The summed E-state index contributed by atoms with van der Waals surface area (Å²) in [7, 11) is 0. The molecule has 6 N–H and O–H groups in total.